The fraction of sp³-hybridized carbons (Fsp3) is 0.125. The number of fused-ring (bicyclic) bond motifs is 1. The van der Waals surface area contributed by atoms with E-state index in [1.165, 1.54) is 5.39 Å². The minimum absolute atomic E-state index is 0.0254. The number of benzene rings is 3. The van der Waals surface area contributed by atoms with E-state index in [0.717, 1.165) is 34.0 Å². The number of nitrogen functional groups attached to an aromatic ring is 2. The number of aromatic nitrogens is 3. The zero-order chi connectivity index (χ0) is 22.8. The molecule has 1 aliphatic heterocycles. The van der Waals surface area contributed by atoms with Gasteiger partial charge in [0.05, 0.1) is 17.5 Å². The first kappa shape index (κ1) is 20.9. The van der Waals surface area contributed by atoms with Crippen LogP contribution in [0, 0.1) is 0 Å². The molecule has 2 heterocycles. The van der Waals surface area contributed by atoms with Gasteiger partial charge in [0.25, 0.3) is 5.91 Å². The number of carbonyl (C=O) groups is 1. The Balaban J connectivity index is 1.43. The average Bonchev–Trinajstić information content (AvgIpc) is 3.28. The number of thioether (sulfide) groups is 1. The zero-order valence-corrected chi connectivity index (χ0v) is 18.4. The largest absolute Gasteiger partial charge is 0.368 e. The molecule has 1 unspecified atom stereocenters. The summed E-state index contributed by atoms with van der Waals surface area (Å²) in [6.45, 7) is 0. The third-order valence-electron chi connectivity index (χ3n) is 5.41. The molecule has 4 aromatic rings. The number of anilines is 2. The molecule has 4 N–H and O–H groups in total. The molecule has 0 radical (unpaired) electrons. The number of hydrogen-bond donors (Lipinski definition) is 2. The number of carbonyl (C=O) groups excluding carboxylic acids is 1. The van der Waals surface area contributed by atoms with E-state index in [0.29, 0.717) is 11.6 Å². The highest BCUT2D eigenvalue weighted by Crippen LogP contribution is 2.34. The predicted octanol–water partition coefficient (Wildman–Crippen LogP) is 3.66. The van der Waals surface area contributed by atoms with Crippen LogP contribution in [0.5, 0.6) is 0 Å². The van der Waals surface area contributed by atoms with E-state index < -0.39 is 0 Å². The van der Waals surface area contributed by atoms with Crippen molar-refractivity contribution < 1.29 is 4.79 Å². The Morgan fingerprint density at radius 3 is 2.36 bits per heavy atom. The van der Waals surface area contributed by atoms with Crippen molar-refractivity contribution >= 4 is 46.0 Å². The lowest BCUT2D eigenvalue weighted by atomic mass is 9.97. The van der Waals surface area contributed by atoms with Gasteiger partial charge in [-0.25, -0.2) is 5.01 Å². The molecule has 1 aromatic heterocycles. The summed E-state index contributed by atoms with van der Waals surface area (Å²) in [7, 11) is 0. The monoisotopic (exact) mass is 455 g/mol. The van der Waals surface area contributed by atoms with Crippen molar-refractivity contribution in [3.63, 3.8) is 0 Å². The second kappa shape index (κ2) is 8.87. The summed E-state index contributed by atoms with van der Waals surface area (Å²) in [4.78, 5) is 25.1. The first-order valence-electron chi connectivity index (χ1n) is 10.4. The van der Waals surface area contributed by atoms with Crippen molar-refractivity contribution in [2.24, 2.45) is 5.10 Å². The van der Waals surface area contributed by atoms with Crippen LogP contribution < -0.4 is 11.5 Å². The molecular formula is C24H21N7OS. The van der Waals surface area contributed by atoms with Gasteiger partial charge in [-0.05, 0) is 28.0 Å². The Morgan fingerprint density at radius 1 is 0.909 bits per heavy atom. The van der Waals surface area contributed by atoms with Crippen LogP contribution in [0.3, 0.4) is 0 Å². The molecule has 9 heteroatoms. The van der Waals surface area contributed by atoms with Crippen LogP contribution in [0.1, 0.15) is 23.6 Å². The predicted molar refractivity (Wildman–Crippen MR) is 131 cm³/mol. The van der Waals surface area contributed by atoms with Gasteiger partial charge in [-0.1, -0.05) is 78.5 Å². The van der Waals surface area contributed by atoms with E-state index in [2.05, 4.69) is 45.3 Å². The van der Waals surface area contributed by atoms with Crippen LogP contribution in [-0.2, 0) is 4.79 Å². The zero-order valence-electron chi connectivity index (χ0n) is 17.6. The van der Waals surface area contributed by atoms with Crippen LogP contribution in [-0.4, -0.2) is 37.3 Å². The van der Waals surface area contributed by atoms with Gasteiger partial charge in [0, 0.05) is 6.42 Å². The highest BCUT2D eigenvalue weighted by molar-refractivity contribution is 7.99. The Morgan fingerprint density at radius 2 is 1.61 bits per heavy atom. The summed E-state index contributed by atoms with van der Waals surface area (Å²) >= 11 is 1.16. The van der Waals surface area contributed by atoms with E-state index in [-0.39, 0.29) is 29.6 Å². The molecule has 0 spiro atoms. The number of hydrazone groups is 1. The van der Waals surface area contributed by atoms with E-state index in [4.69, 9.17) is 16.6 Å². The van der Waals surface area contributed by atoms with Crippen LogP contribution in [0.4, 0.5) is 11.9 Å². The van der Waals surface area contributed by atoms with E-state index in [1.54, 1.807) is 5.01 Å². The third kappa shape index (κ3) is 4.49. The smallest absolute Gasteiger partial charge is 0.253 e. The lowest BCUT2D eigenvalue weighted by Gasteiger charge is -2.21. The molecule has 0 bridgehead atoms. The molecule has 1 amide bonds. The van der Waals surface area contributed by atoms with Gasteiger partial charge in [0.15, 0.2) is 5.16 Å². The van der Waals surface area contributed by atoms with Crippen molar-refractivity contribution in [2.45, 2.75) is 17.6 Å². The molecule has 0 aliphatic carbocycles. The molecule has 0 fully saturated rings. The highest BCUT2D eigenvalue weighted by Gasteiger charge is 2.33. The summed E-state index contributed by atoms with van der Waals surface area (Å²) in [6.07, 6.45) is 0.629. The molecule has 3 aromatic carbocycles. The normalized spacial score (nSPS) is 15.6. The van der Waals surface area contributed by atoms with Crippen LogP contribution in [0.25, 0.3) is 10.8 Å². The summed E-state index contributed by atoms with van der Waals surface area (Å²) in [6, 6.07) is 24.2. The Bertz CT molecular complexity index is 1340. The first-order valence-corrected chi connectivity index (χ1v) is 11.4. The highest BCUT2D eigenvalue weighted by atomic mass is 32.2. The molecule has 1 aliphatic rings. The minimum Gasteiger partial charge on any atom is -0.368 e. The maximum atomic E-state index is 13.2. The van der Waals surface area contributed by atoms with Crippen molar-refractivity contribution in [3.05, 3.63) is 83.9 Å². The maximum Gasteiger partial charge on any atom is 0.253 e. The molecule has 8 nitrogen and oxygen atoms in total. The van der Waals surface area contributed by atoms with Gasteiger partial charge in [0.1, 0.15) is 0 Å². The van der Waals surface area contributed by atoms with Crippen LogP contribution >= 0.6 is 11.8 Å². The van der Waals surface area contributed by atoms with E-state index in [1.807, 2.05) is 42.5 Å². The van der Waals surface area contributed by atoms with Gasteiger partial charge in [0.2, 0.25) is 11.9 Å². The second-order valence-electron chi connectivity index (χ2n) is 7.60. The molecular weight excluding hydrogens is 434 g/mol. The molecule has 33 heavy (non-hydrogen) atoms. The third-order valence-corrected chi connectivity index (χ3v) is 6.24. The van der Waals surface area contributed by atoms with Crippen LogP contribution in [0.15, 0.2) is 83.1 Å². The topological polar surface area (TPSA) is 123 Å². The quantitative estimate of drug-likeness (QED) is 0.440. The SMILES string of the molecule is Nc1nc(N)nc(SCC(=O)N2N=C(c3ccc4ccccc4c3)CC2c2ccccc2)n1. The minimum atomic E-state index is -0.186. The van der Waals surface area contributed by atoms with Crippen LogP contribution in [0.2, 0.25) is 0 Å². The number of amides is 1. The molecule has 164 valence electrons. The standard InChI is InChI=1S/C24H21N7OS/c25-22-27-23(26)29-24(28-22)33-14-21(32)31-20(16-7-2-1-3-8-16)13-19(30-31)18-11-10-15-6-4-5-9-17(15)12-18/h1-12,20H,13-14H2,(H4,25,26,27,28,29). The van der Waals surface area contributed by atoms with Crippen molar-refractivity contribution in [3.8, 4) is 0 Å². The number of nitrogens with zero attached hydrogens (tertiary/aromatic N) is 5. The first-order chi connectivity index (χ1) is 16.1. The Hall–Kier alpha value is -3.98. The lowest BCUT2D eigenvalue weighted by Crippen LogP contribution is -2.28. The molecule has 0 saturated heterocycles. The maximum absolute atomic E-state index is 13.2. The van der Waals surface area contributed by atoms with Crippen molar-refractivity contribution in [1.82, 2.24) is 20.0 Å². The van der Waals surface area contributed by atoms with E-state index >= 15 is 0 Å². The van der Waals surface area contributed by atoms with Crippen molar-refractivity contribution in [2.75, 3.05) is 17.2 Å². The van der Waals surface area contributed by atoms with E-state index in [9.17, 15) is 4.79 Å². The van der Waals surface area contributed by atoms with Gasteiger partial charge in [-0.3, -0.25) is 4.79 Å². The summed E-state index contributed by atoms with van der Waals surface area (Å²) in [5.74, 6) is -0.00207. The summed E-state index contributed by atoms with van der Waals surface area (Å²) in [5, 5.41) is 8.94. The van der Waals surface area contributed by atoms with Gasteiger partial charge < -0.3 is 11.5 Å². The molecule has 5 rings (SSSR count). The van der Waals surface area contributed by atoms with Crippen molar-refractivity contribution in [1.29, 1.82) is 0 Å². The fourth-order valence-corrected chi connectivity index (χ4v) is 4.56. The number of rotatable bonds is 5. The number of hydrogen-bond acceptors (Lipinski definition) is 8. The lowest BCUT2D eigenvalue weighted by molar-refractivity contribution is -0.130. The summed E-state index contributed by atoms with van der Waals surface area (Å²) in [5.41, 5.74) is 14.2. The fourth-order valence-electron chi connectivity index (χ4n) is 3.86. The summed E-state index contributed by atoms with van der Waals surface area (Å²) < 4.78 is 0. The Kier molecular flexibility index (Phi) is 5.62. The van der Waals surface area contributed by atoms with Gasteiger partial charge >= 0.3 is 0 Å². The second-order valence-corrected chi connectivity index (χ2v) is 8.54. The van der Waals surface area contributed by atoms with Gasteiger partial charge in [-0.15, -0.1) is 0 Å². The average molecular weight is 456 g/mol. The Labute approximate surface area is 194 Å². The van der Waals surface area contributed by atoms with Gasteiger partial charge in [-0.2, -0.15) is 20.1 Å². The molecule has 1 atom stereocenters. The number of nitrogens with two attached hydrogens (primary N) is 2. The molecule has 0 saturated carbocycles.